The van der Waals surface area contributed by atoms with Crippen LogP contribution in [0.5, 0.6) is 0 Å². The van der Waals surface area contributed by atoms with E-state index in [1.165, 1.54) is 0 Å². The van der Waals surface area contributed by atoms with Crippen molar-refractivity contribution in [2.24, 2.45) is 0 Å². The minimum Gasteiger partial charge on any atom is -0.550 e. The predicted molar refractivity (Wildman–Crippen MR) is 90.3 cm³/mol. The van der Waals surface area contributed by atoms with Crippen molar-refractivity contribution in [2.45, 2.75) is 19.3 Å². The third kappa shape index (κ3) is 3.81. The van der Waals surface area contributed by atoms with Crippen molar-refractivity contribution < 1.29 is 14.7 Å². The second kappa shape index (κ2) is 7.00. The Kier molecular flexibility index (Phi) is 4.61. The summed E-state index contributed by atoms with van der Waals surface area (Å²) >= 11 is 0. The second-order valence-corrected chi connectivity index (χ2v) is 5.62. The predicted octanol–water partition coefficient (Wildman–Crippen LogP) is 2.46. The largest absolute Gasteiger partial charge is 0.550 e. The SMILES string of the molecule is O=C([O-])CCCC(=O)Nc1cccc(-c2cc3ccccn3c2)c1. The average molecular weight is 321 g/mol. The van der Waals surface area contributed by atoms with Gasteiger partial charge in [-0.05, 0) is 48.7 Å². The van der Waals surface area contributed by atoms with E-state index in [2.05, 4.69) is 11.4 Å². The number of fused-ring (bicyclic) bond motifs is 1. The van der Waals surface area contributed by atoms with Crippen molar-refractivity contribution in [3.63, 3.8) is 0 Å². The molecule has 3 rings (SSSR count). The van der Waals surface area contributed by atoms with Crippen LogP contribution in [-0.4, -0.2) is 16.3 Å². The van der Waals surface area contributed by atoms with Gasteiger partial charge in [0.25, 0.3) is 0 Å². The van der Waals surface area contributed by atoms with E-state index in [9.17, 15) is 14.7 Å². The number of benzene rings is 1. The molecule has 1 N–H and O–H groups in total. The number of hydrogen-bond acceptors (Lipinski definition) is 3. The molecule has 0 atom stereocenters. The van der Waals surface area contributed by atoms with E-state index in [0.717, 1.165) is 16.6 Å². The maximum absolute atomic E-state index is 11.9. The van der Waals surface area contributed by atoms with Crippen LogP contribution in [0, 0.1) is 0 Å². The minimum atomic E-state index is -1.13. The number of aliphatic carboxylic acids is 1. The van der Waals surface area contributed by atoms with Crippen LogP contribution in [0.2, 0.25) is 0 Å². The first-order chi connectivity index (χ1) is 11.6. The van der Waals surface area contributed by atoms with E-state index in [0.29, 0.717) is 5.69 Å². The molecule has 0 spiro atoms. The number of carbonyl (C=O) groups is 2. The first-order valence-electron chi connectivity index (χ1n) is 7.79. The number of pyridine rings is 1. The highest BCUT2D eigenvalue weighted by Gasteiger charge is 2.06. The van der Waals surface area contributed by atoms with Gasteiger partial charge in [0.05, 0.1) is 0 Å². The Morgan fingerprint density at radius 2 is 1.88 bits per heavy atom. The second-order valence-electron chi connectivity index (χ2n) is 5.62. The van der Waals surface area contributed by atoms with Crippen LogP contribution in [-0.2, 0) is 9.59 Å². The number of carboxylic acid groups (broad SMARTS) is 1. The molecule has 5 nitrogen and oxygen atoms in total. The van der Waals surface area contributed by atoms with Crippen LogP contribution in [0.4, 0.5) is 5.69 Å². The molecule has 122 valence electrons. The summed E-state index contributed by atoms with van der Waals surface area (Å²) in [5.74, 6) is -1.33. The number of hydrogen-bond donors (Lipinski definition) is 1. The zero-order valence-corrected chi connectivity index (χ0v) is 13.1. The number of nitrogens with one attached hydrogen (secondary N) is 1. The molecule has 0 fully saturated rings. The molecule has 1 aromatic carbocycles. The number of amides is 1. The molecule has 0 bridgehead atoms. The number of aromatic nitrogens is 1. The molecular weight excluding hydrogens is 304 g/mol. The van der Waals surface area contributed by atoms with E-state index in [4.69, 9.17) is 0 Å². The Balaban J connectivity index is 1.72. The summed E-state index contributed by atoms with van der Waals surface area (Å²) in [6.07, 6.45) is 4.36. The highest BCUT2D eigenvalue weighted by Crippen LogP contribution is 2.25. The monoisotopic (exact) mass is 321 g/mol. The Labute approximate surface area is 139 Å². The summed E-state index contributed by atoms with van der Waals surface area (Å²) in [4.78, 5) is 22.2. The van der Waals surface area contributed by atoms with Crippen LogP contribution in [0.25, 0.3) is 16.6 Å². The average Bonchev–Trinajstić information content (AvgIpc) is 2.99. The van der Waals surface area contributed by atoms with Gasteiger partial charge < -0.3 is 19.6 Å². The molecule has 5 heteroatoms. The normalized spacial score (nSPS) is 10.7. The molecule has 0 aliphatic heterocycles. The van der Waals surface area contributed by atoms with Gasteiger partial charge in [-0.2, -0.15) is 0 Å². The van der Waals surface area contributed by atoms with E-state index in [-0.39, 0.29) is 25.2 Å². The zero-order chi connectivity index (χ0) is 16.9. The Morgan fingerprint density at radius 3 is 2.67 bits per heavy atom. The molecule has 3 aromatic rings. The van der Waals surface area contributed by atoms with Crippen molar-refractivity contribution >= 4 is 23.1 Å². The highest BCUT2D eigenvalue weighted by molar-refractivity contribution is 5.91. The Hall–Kier alpha value is -3.08. The maximum Gasteiger partial charge on any atom is 0.224 e. The molecule has 2 aromatic heterocycles. The molecule has 1 amide bonds. The standard InChI is InChI=1S/C19H18N2O3/c22-18(8-4-9-19(23)24)20-16-6-3-5-14(11-16)15-12-17-7-1-2-10-21(17)13-15/h1-3,5-7,10-13H,4,8-9H2,(H,20,22)(H,23,24)/p-1. The van der Waals surface area contributed by atoms with Gasteiger partial charge in [-0.15, -0.1) is 0 Å². The topological polar surface area (TPSA) is 73.6 Å². The smallest absolute Gasteiger partial charge is 0.224 e. The summed E-state index contributed by atoms with van der Waals surface area (Å²) in [7, 11) is 0. The Bertz CT molecular complexity index is 850. The van der Waals surface area contributed by atoms with Gasteiger partial charge in [0.15, 0.2) is 0 Å². The van der Waals surface area contributed by atoms with Gasteiger partial charge in [0.2, 0.25) is 5.91 Å². The first kappa shape index (κ1) is 15.8. The summed E-state index contributed by atoms with van der Waals surface area (Å²) in [6.45, 7) is 0. The van der Waals surface area contributed by atoms with Gasteiger partial charge >= 0.3 is 0 Å². The van der Waals surface area contributed by atoms with Crippen molar-refractivity contribution in [2.75, 3.05) is 5.32 Å². The first-order valence-corrected chi connectivity index (χ1v) is 7.79. The third-order valence-corrected chi connectivity index (χ3v) is 3.77. The summed E-state index contributed by atoms with van der Waals surface area (Å²) < 4.78 is 2.04. The van der Waals surface area contributed by atoms with Gasteiger partial charge in [-0.3, -0.25) is 4.79 Å². The number of anilines is 1. The summed E-state index contributed by atoms with van der Waals surface area (Å²) in [6, 6.07) is 15.7. The summed E-state index contributed by atoms with van der Waals surface area (Å²) in [5, 5.41) is 13.2. The van der Waals surface area contributed by atoms with Gasteiger partial charge in [0.1, 0.15) is 0 Å². The fourth-order valence-electron chi connectivity index (χ4n) is 2.61. The van der Waals surface area contributed by atoms with Gasteiger partial charge in [-0.1, -0.05) is 18.2 Å². The number of nitrogens with zero attached hydrogens (tertiary/aromatic N) is 1. The van der Waals surface area contributed by atoms with Crippen molar-refractivity contribution in [1.82, 2.24) is 4.40 Å². The lowest BCUT2D eigenvalue weighted by molar-refractivity contribution is -0.305. The highest BCUT2D eigenvalue weighted by atomic mass is 16.4. The van der Waals surface area contributed by atoms with Crippen LogP contribution in [0.15, 0.2) is 60.9 Å². The molecule has 0 radical (unpaired) electrons. The number of carboxylic acids is 1. The third-order valence-electron chi connectivity index (χ3n) is 3.77. The van der Waals surface area contributed by atoms with E-state index < -0.39 is 5.97 Å². The molecule has 24 heavy (non-hydrogen) atoms. The van der Waals surface area contributed by atoms with Crippen molar-refractivity contribution in [1.29, 1.82) is 0 Å². The summed E-state index contributed by atoms with van der Waals surface area (Å²) in [5.41, 5.74) is 3.87. The van der Waals surface area contributed by atoms with Crippen LogP contribution < -0.4 is 10.4 Å². The lowest BCUT2D eigenvalue weighted by Crippen LogP contribution is -2.22. The molecule has 0 saturated carbocycles. The van der Waals surface area contributed by atoms with E-state index >= 15 is 0 Å². The number of rotatable bonds is 6. The molecule has 0 unspecified atom stereocenters. The lowest BCUT2D eigenvalue weighted by Gasteiger charge is -2.07. The van der Waals surface area contributed by atoms with Gasteiger partial charge in [0, 0.05) is 41.6 Å². The zero-order valence-electron chi connectivity index (χ0n) is 13.1. The van der Waals surface area contributed by atoms with Crippen LogP contribution >= 0.6 is 0 Å². The van der Waals surface area contributed by atoms with E-state index in [1.54, 1.807) is 0 Å². The number of carbonyl (C=O) groups excluding carboxylic acids is 2. The van der Waals surface area contributed by atoms with Crippen molar-refractivity contribution in [3.05, 3.63) is 60.9 Å². The van der Waals surface area contributed by atoms with Crippen LogP contribution in [0.3, 0.4) is 0 Å². The van der Waals surface area contributed by atoms with E-state index in [1.807, 2.05) is 59.3 Å². The minimum absolute atomic E-state index is 0.106. The molecule has 0 saturated heterocycles. The lowest BCUT2D eigenvalue weighted by atomic mass is 10.1. The molecule has 2 heterocycles. The Morgan fingerprint density at radius 1 is 1.00 bits per heavy atom. The molecule has 0 aliphatic rings. The molecule has 0 aliphatic carbocycles. The van der Waals surface area contributed by atoms with Crippen molar-refractivity contribution in [3.8, 4) is 11.1 Å². The fourth-order valence-corrected chi connectivity index (χ4v) is 2.61. The maximum atomic E-state index is 11.9. The molecular formula is C19H17N2O3-. The van der Waals surface area contributed by atoms with Gasteiger partial charge in [-0.25, -0.2) is 0 Å². The quantitative estimate of drug-likeness (QED) is 0.758. The van der Waals surface area contributed by atoms with Crippen LogP contribution in [0.1, 0.15) is 19.3 Å². The fraction of sp³-hybridized carbons (Fsp3) is 0.158.